The quantitative estimate of drug-likeness (QED) is 0.471. The molecule has 1 aromatic carbocycles. The first-order chi connectivity index (χ1) is 13.8. The number of amides is 3. The third kappa shape index (κ3) is 8.23. The van der Waals surface area contributed by atoms with Crippen molar-refractivity contribution >= 4 is 17.7 Å². The van der Waals surface area contributed by atoms with Crippen LogP contribution in [0.3, 0.4) is 0 Å². The summed E-state index contributed by atoms with van der Waals surface area (Å²) in [7, 11) is 0. The third-order valence-electron chi connectivity index (χ3n) is 4.93. The van der Waals surface area contributed by atoms with Crippen molar-refractivity contribution in [3.63, 3.8) is 0 Å². The van der Waals surface area contributed by atoms with Gasteiger partial charge in [-0.3, -0.25) is 14.4 Å². The van der Waals surface area contributed by atoms with Gasteiger partial charge in [0.15, 0.2) is 0 Å². The van der Waals surface area contributed by atoms with Crippen molar-refractivity contribution in [1.82, 2.24) is 21.3 Å². The zero-order chi connectivity index (χ0) is 21.2. The minimum Gasteiger partial charge on any atom is -0.352 e. The second-order valence-corrected chi connectivity index (χ2v) is 8.22. The van der Waals surface area contributed by atoms with Crippen molar-refractivity contribution < 1.29 is 14.4 Å². The largest absolute Gasteiger partial charge is 0.352 e. The van der Waals surface area contributed by atoms with Crippen molar-refractivity contribution in [2.45, 2.75) is 64.6 Å². The fourth-order valence-corrected chi connectivity index (χ4v) is 3.52. The molecule has 0 saturated carbocycles. The van der Waals surface area contributed by atoms with Crippen LogP contribution in [0.25, 0.3) is 0 Å². The Morgan fingerprint density at radius 1 is 1.10 bits per heavy atom. The summed E-state index contributed by atoms with van der Waals surface area (Å²) in [5, 5.41) is 11.5. The van der Waals surface area contributed by atoms with Gasteiger partial charge in [-0.15, -0.1) is 0 Å². The summed E-state index contributed by atoms with van der Waals surface area (Å²) in [4.78, 5) is 37.2. The Labute approximate surface area is 173 Å². The number of carbonyl (C=O) groups is 3. The predicted octanol–water partition coefficient (Wildman–Crippen LogP) is 1.13. The molecule has 1 aliphatic heterocycles. The van der Waals surface area contributed by atoms with Crippen LogP contribution in [-0.4, -0.2) is 48.9 Å². The first-order valence-corrected chi connectivity index (χ1v) is 10.5. The number of rotatable bonds is 10. The molecular formula is C22H34N4O3. The molecule has 1 fully saturated rings. The molecule has 3 atom stereocenters. The molecule has 1 saturated heterocycles. The normalized spacial score (nSPS) is 18.1. The van der Waals surface area contributed by atoms with E-state index in [2.05, 4.69) is 21.3 Å². The molecule has 0 radical (unpaired) electrons. The molecule has 3 amide bonds. The molecular weight excluding hydrogens is 368 g/mol. The van der Waals surface area contributed by atoms with Gasteiger partial charge in [0, 0.05) is 6.04 Å². The smallest absolute Gasteiger partial charge is 0.243 e. The lowest BCUT2D eigenvalue weighted by atomic mass is 10.0. The summed E-state index contributed by atoms with van der Waals surface area (Å²) in [6, 6.07) is 9.01. The summed E-state index contributed by atoms with van der Waals surface area (Å²) in [5.74, 6) is -0.476. The molecule has 7 nitrogen and oxygen atoms in total. The van der Waals surface area contributed by atoms with Crippen molar-refractivity contribution in [2.75, 3.05) is 13.1 Å². The highest BCUT2D eigenvalue weighted by atomic mass is 16.2. The van der Waals surface area contributed by atoms with E-state index in [1.54, 1.807) is 0 Å². The van der Waals surface area contributed by atoms with Crippen LogP contribution in [0.2, 0.25) is 0 Å². The maximum atomic E-state index is 12.6. The second kappa shape index (κ2) is 11.6. The molecule has 1 aliphatic rings. The van der Waals surface area contributed by atoms with Crippen molar-refractivity contribution in [3.8, 4) is 0 Å². The maximum absolute atomic E-state index is 12.6. The van der Waals surface area contributed by atoms with Crippen LogP contribution in [0.4, 0.5) is 0 Å². The zero-order valence-electron chi connectivity index (χ0n) is 17.7. The Hall–Kier alpha value is -2.41. The molecule has 0 spiro atoms. The van der Waals surface area contributed by atoms with E-state index in [9.17, 15) is 14.4 Å². The lowest BCUT2D eigenvalue weighted by molar-refractivity contribution is -0.131. The van der Waals surface area contributed by atoms with Gasteiger partial charge in [0.25, 0.3) is 0 Å². The summed E-state index contributed by atoms with van der Waals surface area (Å²) >= 11 is 0. The van der Waals surface area contributed by atoms with Gasteiger partial charge >= 0.3 is 0 Å². The van der Waals surface area contributed by atoms with Crippen LogP contribution < -0.4 is 21.3 Å². The Balaban J connectivity index is 1.79. The van der Waals surface area contributed by atoms with Crippen LogP contribution >= 0.6 is 0 Å². The lowest BCUT2D eigenvalue weighted by Crippen LogP contribution is -2.53. The van der Waals surface area contributed by atoms with Crippen LogP contribution in [0.15, 0.2) is 30.3 Å². The molecule has 1 aromatic rings. The Morgan fingerprint density at radius 3 is 2.45 bits per heavy atom. The molecule has 0 bridgehead atoms. The van der Waals surface area contributed by atoms with E-state index in [-0.39, 0.29) is 42.3 Å². The molecule has 0 aliphatic carbocycles. The molecule has 29 heavy (non-hydrogen) atoms. The van der Waals surface area contributed by atoms with Gasteiger partial charge in [0.1, 0.15) is 6.04 Å². The number of benzene rings is 1. The molecule has 2 rings (SSSR count). The zero-order valence-corrected chi connectivity index (χ0v) is 17.7. The number of nitrogens with one attached hydrogen (secondary N) is 4. The van der Waals surface area contributed by atoms with E-state index >= 15 is 0 Å². The molecule has 160 valence electrons. The third-order valence-corrected chi connectivity index (χ3v) is 4.93. The lowest BCUT2D eigenvalue weighted by Gasteiger charge is -2.22. The van der Waals surface area contributed by atoms with E-state index in [1.165, 1.54) is 0 Å². The topological polar surface area (TPSA) is 99.3 Å². The second-order valence-electron chi connectivity index (χ2n) is 8.22. The van der Waals surface area contributed by atoms with Gasteiger partial charge in [0.2, 0.25) is 17.7 Å². The van der Waals surface area contributed by atoms with Crippen molar-refractivity contribution in [1.29, 1.82) is 0 Å². The fraction of sp³-hybridized carbons (Fsp3) is 0.591. The average molecular weight is 403 g/mol. The Morgan fingerprint density at radius 2 is 1.83 bits per heavy atom. The first kappa shape index (κ1) is 22.9. The molecule has 4 N–H and O–H groups in total. The highest BCUT2D eigenvalue weighted by Gasteiger charge is 2.28. The van der Waals surface area contributed by atoms with Crippen LogP contribution in [0.5, 0.6) is 0 Å². The van der Waals surface area contributed by atoms with Crippen molar-refractivity contribution in [3.05, 3.63) is 35.9 Å². The van der Waals surface area contributed by atoms with Gasteiger partial charge in [-0.05, 0) is 50.6 Å². The number of hydrogen-bond donors (Lipinski definition) is 4. The van der Waals surface area contributed by atoms with E-state index in [4.69, 9.17) is 0 Å². The van der Waals surface area contributed by atoms with Gasteiger partial charge in [-0.2, -0.15) is 0 Å². The number of hydrogen-bond acceptors (Lipinski definition) is 4. The molecule has 0 aromatic heterocycles. The average Bonchev–Trinajstić information content (AvgIpc) is 3.20. The van der Waals surface area contributed by atoms with Crippen LogP contribution in [0, 0.1) is 5.92 Å². The van der Waals surface area contributed by atoms with Gasteiger partial charge in [-0.1, -0.05) is 44.2 Å². The SMILES string of the molecule is CC(C)C[C@H](NC(=O)[C@@H]1CCCN1)C(=O)NCC(=O)NC(C)Cc1ccccc1. The molecule has 1 heterocycles. The van der Waals surface area contributed by atoms with Crippen LogP contribution in [0.1, 0.15) is 45.6 Å². The highest BCUT2D eigenvalue weighted by Crippen LogP contribution is 2.09. The Bertz CT molecular complexity index is 672. The summed E-state index contributed by atoms with van der Waals surface area (Å²) in [5.41, 5.74) is 1.14. The minimum absolute atomic E-state index is 0.0404. The summed E-state index contributed by atoms with van der Waals surface area (Å²) in [6.07, 6.45) is 2.99. The van der Waals surface area contributed by atoms with Crippen molar-refractivity contribution in [2.24, 2.45) is 5.92 Å². The van der Waals surface area contributed by atoms with Gasteiger partial charge < -0.3 is 21.3 Å². The fourth-order valence-electron chi connectivity index (χ4n) is 3.52. The molecule has 7 heteroatoms. The minimum atomic E-state index is -0.639. The first-order valence-electron chi connectivity index (χ1n) is 10.5. The maximum Gasteiger partial charge on any atom is 0.243 e. The van der Waals surface area contributed by atoms with Crippen LogP contribution in [-0.2, 0) is 20.8 Å². The summed E-state index contributed by atoms with van der Waals surface area (Å²) < 4.78 is 0. The summed E-state index contributed by atoms with van der Waals surface area (Å²) in [6.45, 7) is 6.64. The monoisotopic (exact) mass is 402 g/mol. The predicted molar refractivity (Wildman–Crippen MR) is 113 cm³/mol. The van der Waals surface area contributed by atoms with E-state index in [0.717, 1.165) is 31.4 Å². The van der Waals surface area contributed by atoms with Gasteiger partial charge in [0.05, 0.1) is 12.6 Å². The van der Waals surface area contributed by atoms with E-state index in [0.29, 0.717) is 6.42 Å². The molecule has 1 unspecified atom stereocenters. The van der Waals surface area contributed by atoms with E-state index in [1.807, 2.05) is 51.1 Å². The number of carbonyl (C=O) groups excluding carboxylic acids is 3. The van der Waals surface area contributed by atoms with Gasteiger partial charge in [-0.25, -0.2) is 0 Å². The highest BCUT2D eigenvalue weighted by molar-refractivity contribution is 5.92. The Kier molecular flexibility index (Phi) is 9.12. The standard InChI is InChI=1S/C22H34N4O3/c1-15(2)12-19(26-22(29)18-10-7-11-23-18)21(28)24-14-20(27)25-16(3)13-17-8-5-4-6-9-17/h4-6,8-9,15-16,18-19,23H,7,10-14H2,1-3H3,(H,24,28)(H,25,27)(H,26,29)/t16?,18-,19-/m0/s1. The van der Waals surface area contributed by atoms with E-state index < -0.39 is 6.04 Å².